The third kappa shape index (κ3) is 5.25. The largest absolute Gasteiger partial charge is 0.493 e. The topological polar surface area (TPSA) is 77.2 Å². The first-order valence-electron chi connectivity index (χ1n) is 13.2. The lowest BCUT2D eigenvalue weighted by Gasteiger charge is -2.12. The van der Waals surface area contributed by atoms with Crippen LogP contribution in [0.1, 0.15) is 46.4 Å². The van der Waals surface area contributed by atoms with E-state index < -0.39 is 11.5 Å². The molecule has 0 saturated heterocycles. The molecule has 2 aromatic heterocycles. The highest BCUT2D eigenvalue weighted by Gasteiger charge is 2.25. The van der Waals surface area contributed by atoms with Crippen molar-refractivity contribution in [1.29, 1.82) is 0 Å². The molecule has 40 heavy (non-hydrogen) atoms. The second-order valence-electron chi connectivity index (χ2n) is 9.69. The van der Waals surface area contributed by atoms with Crippen LogP contribution in [-0.2, 0) is 6.42 Å². The van der Waals surface area contributed by atoms with Gasteiger partial charge >= 0.3 is 5.97 Å². The number of rotatable bonds is 11. The summed E-state index contributed by atoms with van der Waals surface area (Å²) < 4.78 is 13.0. The molecule has 0 radical (unpaired) electrons. The van der Waals surface area contributed by atoms with Gasteiger partial charge in [0.25, 0.3) is 5.56 Å². The number of allylic oxidation sites excluding steroid dienone is 1. The fourth-order valence-corrected chi connectivity index (χ4v) is 6.38. The van der Waals surface area contributed by atoms with Gasteiger partial charge in [-0.2, -0.15) is 0 Å². The standard InChI is InChI=1S/C33H31NO5S/c1-4-5-6-9-17-39-27-16-15-24(18-21(27)2)31-29(33(36)37)34-28(35)20-25(30(38-3)32(34)40-31)19-23-13-10-12-22-11-7-8-14-26(22)23/h4,7-8,10-16,18,20H,1,5-6,9,17,19H2,2-3H3,(H,36,37). The minimum absolute atomic E-state index is 0.0718. The number of thiazole rings is 1. The maximum absolute atomic E-state index is 13.4. The van der Waals surface area contributed by atoms with Gasteiger partial charge < -0.3 is 14.6 Å². The van der Waals surface area contributed by atoms with Gasteiger partial charge in [-0.15, -0.1) is 17.9 Å². The Hall–Kier alpha value is -4.36. The van der Waals surface area contributed by atoms with Crippen LogP contribution in [0.2, 0.25) is 0 Å². The first kappa shape index (κ1) is 27.2. The number of ether oxygens (including phenoxy) is 2. The highest BCUT2D eigenvalue weighted by atomic mass is 32.1. The average molecular weight is 554 g/mol. The number of nitrogens with zero attached hydrogens (tertiary/aromatic N) is 1. The predicted molar refractivity (Wildman–Crippen MR) is 162 cm³/mol. The minimum Gasteiger partial charge on any atom is -0.493 e. The first-order chi connectivity index (χ1) is 19.4. The van der Waals surface area contributed by atoms with Crippen LogP contribution in [0.15, 0.2) is 84.2 Å². The van der Waals surface area contributed by atoms with Crippen molar-refractivity contribution in [2.24, 2.45) is 0 Å². The SMILES string of the molecule is C=CCCCCOc1ccc(-c2sc3c(OC)c(Cc4cccc5ccccc45)cc(=O)n3c2C(=O)O)cc1C. The minimum atomic E-state index is -1.17. The Morgan fingerprint density at radius 1 is 1.05 bits per heavy atom. The molecule has 3 aromatic carbocycles. The molecule has 2 heterocycles. The van der Waals surface area contributed by atoms with Crippen LogP contribution in [0.3, 0.4) is 0 Å². The Morgan fingerprint density at radius 3 is 2.60 bits per heavy atom. The lowest BCUT2D eigenvalue weighted by Crippen LogP contribution is -2.19. The summed E-state index contributed by atoms with van der Waals surface area (Å²) in [5, 5.41) is 12.4. The van der Waals surface area contributed by atoms with Crippen molar-refractivity contribution in [3.63, 3.8) is 0 Å². The van der Waals surface area contributed by atoms with E-state index in [4.69, 9.17) is 9.47 Å². The Labute approximate surface area is 236 Å². The number of hydrogen-bond donors (Lipinski definition) is 1. The molecule has 0 fully saturated rings. The van der Waals surface area contributed by atoms with E-state index in [1.165, 1.54) is 21.8 Å². The molecular formula is C33H31NO5S. The van der Waals surface area contributed by atoms with Crippen molar-refractivity contribution in [2.75, 3.05) is 13.7 Å². The van der Waals surface area contributed by atoms with Gasteiger partial charge in [0.15, 0.2) is 11.4 Å². The molecular weight excluding hydrogens is 522 g/mol. The zero-order chi connectivity index (χ0) is 28.2. The smallest absolute Gasteiger partial charge is 0.354 e. The molecule has 0 spiro atoms. The summed E-state index contributed by atoms with van der Waals surface area (Å²) in [6.45, 7) is 6.28. The lowest BCUT2D eigenvalue weighted by atomic mass is 9.98. The number of benzene rings is 3. The van der Waals surface area contributed by atoms with Crippen molar-refractivity contribution < 1.29 is 19.4 Å². The first-order valence-corrected chi connectivity index (χ1v) is 14.0. The normalized spacial score (nSPS) is 11.2. The molecule has 0 amide bonds. The number of unbranched alkanes of at least 4 members (excludes halogenated alkanes) is 2. The summed E-state index contributed by atoms with van der Waals surface area (Å²) in [7, 11) is 1.55. The van der Waals surface area contributed by atoms with Gasteiger partial charge in [0.05, 0.1) is 18.6 Å². The van der Waals surface area contributed by atoms with Crippen LogP contribution in [0.4, 0.5) is 0 Å². The van der Waals surface area contributed by atoms with Crippen molar-refractivity contribution in [1.82, 2.24) is 4.40 Å². The lowest BCUT2D eigenvalue weighted by molar-refractivity contribution is 0.0690. The fourth-order valence-electron chi connectivity index (χ4n) is 5.08. The molecule has 6 nitrogen and oxygen atoms in total. The number of methoxy groups -OCH3 is 1. The number of carboxylic acid groups (broad SMARTS) is 1. The summed E-state index contributed by atoms with van der Waals surface area (Å²) in [5.41, 5.74) is 2.90. The number of pyridine rings is 1. The van der Waals surface area contributed by atoms with Gasteiger partial charge in [-0.1, -0.05) is 48.5 Å². The van der Waals surface area contributed by atoms with Crippen LogP contribution >= 0.6 is 11.3 Å². The Kier molecular flexibility index (Phi) is 8.03. The number of hydrogen-bond acceptors (Lipinski definition) is 5. The van der Waals surface area contributed by atoms with Gasteiger partial charge in [-0.3, -0.25) is 9.20 Å². The molecule has 1 N–H and O–H groups in total. The molecule has 5 aromatic rings. The quantitative estimate of drug-likeness (QED) is 0.135. The summed E-state index contributed by atoms with van der Waals surface area (Å²) in [4.78, 5) is 26.9. The average Bonchev–Trinajstić information content (AvgIpc) is 3.36. The molecule has 0 bridgehead atoms. The molecule has 0 aliphatic rings. The maximum Gasteiger partial charge on any atom is 0.354 e. The van der Waals surface area contributed by atoms with E-state index in [-0.39, 0.29) is 5.69 Å². The van der Waals surface area contributed by atoms with Gasteiger partial charge in [0.1, 0.15) is 10.6 Å². The van der Waals surface area contributed by atoms with E-state index in [1.54, 1.807) is 7.11 Å². The van der Waals surface area contributed by atoms with Crippen LogP contribution < -0.4 is 15.0 Å². The molecule has 0 atom stereocenters. The highest BCUT2D eigenvalue weighted by Crippen LogP contribution is 2.40. The second-order valence-corrected chi connectivity index (χ2v) is 10.7. The van der Waals surface area contributed by atoms with Gasteiger partial charge in [0.2, 0.25) is 0 Å². The number of fused-ring (bicyclic) bond motifs is 2. The van der Waals surface area contributed by atoms with Gasteiger partial charge in [-0.05, 0) is 71.8 Å². The fraction of sp³-hybridized carbons (Fsp3) is 0.212. The molecule has 5 rings (SSSR count). The van der Waals surface area contributed by atoms with E-state index >= 15 is 0 Å². The molecule has 204 valence electrons. The van der Waals surface area contributed by atoms with Crippen molar-refractivity contribution in [3.05, 3.63) is 112 Å². The van der Waals surface area contributed by atoms with Crippen molar-refractivity contribution in [2.45, 2.75) is 32.6 Å². The van der Waals surface area contributed by atoms with Crippen molar-refractivity contribution in [3.8, 4) is 21.9 Å². The van der Waals surface area contributed by atoms with Crippen molar-refractivity contribution >= 4 is 32.9 Å². The highest BCUT2D eigenvalue weighted by molar-refractivity contribution is 7.21. The van der Waals surface area contributed by atoms with Crippen LogP contribution in [0.5, 0.6) is 11.5 Å². The number of aryl methyl sites for hydroxylation is 1. The number of aromatic carboxylic acids is 1. The molecule has 0 aliphatic carbocycles. The summed E-state index contributed by atoms with van der Waals surface area (Å²) >= 11 is 1.25. The van der Waals surface area contributed by atoms with E-state index in [0.29, 0.717) is 39.6 Å². The maximum atomic E-state index is 13.4. The van der Waals surface area contributed by atoms with Gasteiger partial charge in [0, 0.05) is 18.1 Å². The Bertz CT molecular complexity index is 1780. The molecule has 7 heteroatoms. The van der Waals surface area contributed by atoms with Gasteiger partial charge in [-0.25, -0.2) is 4.79 Å². The van der Waals surface area contributed by atoms with E-state index in [2.05, 4.69) is 24.8 Å². The van der Waals surface area contributed by atoms with Crippen LogP contribution in [0.25, 0.3) is 26.0 Å². The number of aromatic nitrogens is 1. The zero-order valence-corrected chi connectivity index (χ0v) is 23.4. The van der Waals surface area contributed by atoms with Crippen LogP contribution in [0, 0.1) is 6.92 Å². The second kappa shape index (κ2) is 11.8. The Morgan fingerprint density at radius 2 is 1.85 bits per heavy atom. The predicted octanol–water partition coefficient (Wildman–Crippen LogP) is 7.52. The zero-order valence-electron chi connectivity index (χ0n) is 22.6. The summed E-state index contributed by atoms with van der Waals surface area (Å²) in [5.74, 6) is 0.0855. The summed E-state index contributed by atoms with van der Waals surface area (Å²) in [6, 6.07) is 21.3. The van der Waals surface area contributed by atoms with E-state index in [9.17, 15) is 14.7 Å². The van der Waals surface area contributed by atoms with Crippen LogP contribution in [-0.4, -0.2) is 29.2 Å². The Balaban J connectivity index is 1.57. The molecule has 0 aliphatic heterocycles. The summed E-state index contributed by atoms with van der Waals surface area (Å²) in [6.07, 6.45) is 5.28. The van der Waals surface area contributed by atoms with E-state index in [0.717, 1.165) is 46.9 Å². The number of carboxylic acids is 1. The molecule has 0 unspecified atom stereocenters. The van der Waals surface area contributed by atoms with E-state index in [1.807, 2.05) is 55.5 Å². The monoisotopic (exact) mass is 553 g/mol. The number of carbonyl (C=O) groups is 1. The molecule has 0 saturated carbocycles. The third-order valence-electron chi connectivity index (χ3n) is 7.01. The third-order valence-corrected chi connectivity index (χ3v) is 8.20.